The molecule has 0 aliphatic carbocycles. The van der Waals surface area contributed by atoms with Gasteiger partial charge in [0.25, 0.3) is 0 Å². The van der Waals surface area contributed by atoms with Gasteiger partial charge in [-0.05, 0) is 25.3 Å². The molecule has 1 atom stereocenters. The van der Waals surface area contributed by atoms with Crippen molar-refractivity contribution in [3.63, 3.8) is 0 Å². The fraction of sp³-hybridized carbons (Fsp3) is 0.944. The van der Waals surface area contributed by atoms with Crippen LogP contribution in [0.15, 0.2) is 0 Å². The van der Waals surface area contributed by atoms with Gasteiger partial charge in [0.15, 0.2) is 0 Å². The predicted molar refractivity (Wildman–Crippen MR) is 92.3 cm³/mol. The zero-order valence-corrected chi connectivity index (χ0v) is 14.6. The van der Waals surface area contributed by atoms with Crippen LogP contribution < -0.4 is 11.1 Å². The summed E-state index contributed by atoms with van der Waals surface area (Å²) in [6, 6.07) is 0.237. The van der Waals surface area contributed by atoms with Gasteiger partial charge in [0.05, 0.1) is 0 Å². The van der Waals surface area contributed by atoms with Crippen LogP contribution in [-0.2, 0) is 4.79 Å². The Morgan fingerprint density at radius 3 is 1.95 bits per heavy atom. The average Bonchev–Trinajstić information content (AvgIpc) is 2.45. The Hall–Kier alpha value is -0.570. The Balaban J connectivity index is 3.48. The number of amides is 1. The topological polar surface area (TPSA) is 55.1 Å². The molecule has 21 heavy (non-hydrogen) atoms. The first kappa shape index (κ1) is 20.4. The Morgan fingerprint density at radius 2 is 1.48 bits per heavy atom. The molecule has 0 aromatic heterocycles. The molecular weight excluding hydrogens is 260 g/mol. The van der Waals surface area contributed by atoms with Crippen molar-refractivity contribution in [1.82, 2.24) is 5.32 Å². The van der Waals surface area contributed by atoms with Gasteiger partial charge in [-0.15, -0.1) is 0 Å². The van der Waals surface area contributed by atoms with Crippen LogP contribution in [0, 0.1) is 5.92 Å². The first-order valence-electron chi connectivity index (χ1n) is 9.11. The maximum absolute atomic E-state index is 11.9. The van der Waals surface area contributed by atoms with Gasteiger partial charge in [-0.25, -0.2) is 0 Å². The quantitative estimate of drug-likeness (QED) is 0.467. The molecule has 126 valence electrons. The largest absolute Gasteiger partial charge is 0.353 e. The van der Waals surface area contributed by atoms with E-state index in [1.54, 1.807) is 0 Å². The summed E-state index contributed by atoms with van der Waals surface area (Å²) in [6.07, 6.45) is 13.2. The van der Waals surface area contributed by atoms with Gasteiger partial charge in [-0.3, -0.25) is 4.79 Å². The van der Waals surface area contributed by atoms with Crippen LogP contribution >= 0.6 is 0 Å². The summed E-state index contributed by atoms with van der Waals surface area (Å²) in [5.41, 5.74) is 5.59. The molecule has 0 rings (SSSR count). The number of hydrogen-bond acceptors (Lipinski definition) is 2. The highest BCUT2D eigenvalue weighted by Gasteiger charge is 2.14. The van der Waals surface area contributed by atoms with Crippen LogP contribution in [0.1, 0.15) is 91.4 Å². The van der Waals surface area contributed by atoms with E-state index in [0.717, 1.165) is 12.8 Å². The SMILES string of the molecule is CCCCCCCCCCCC(=O)NC(CCN)C(C)C. The third-order valence-electron chi connectivity index (χ3n) is 4.14. The molecule has 0 fully saturated rings. The van der Waals surface area contributed by atoms with E-state index in [0.29, 0.717) is 18.9 Å². The van der Waals surface area contributed by atoms with Crippen molar-refractivity contribution in [3.8, 4) is 0 Å². The van der Waals surface area contributed by atoms with Crippen molar-refractivity contribution in [2.45, 2.75) is 97.4 Å². The van der Waals surface area contributed by atoms with E-state index in [9.17, 15) is 4.79 Å². The van der Waals surface area contributed by atoms with Crippen LogP contribution in [-0.4, -0.2) is 18.5 Å². The lowest BCUT2D eigenvalue weighted by molar-refractivity contribution is -0.122. The molecule has 0 aromatic carbocycles. The summed E-state index contributed by atoms with van der Waals surface area (Å²) in [4.78, 5) is 11.9. The van der Waals surface area contributed by atoms with E-state index >= 15 is 0 Å². The summed E-state index contributed by atoms with van der Waals surface area (Å²) in [7, 11) is 0. The molecule has 0 saturated heterocycles. The Labute approximate surface area is 132 Å². The van der Waals surface area contributed by atoms with Crippen molar-refractivity contribution in [2.24, 2.45) is 11.7 Å². The second-order valence-electron chi connectivity index (χ2n) is 6.57. The fourth-order valence-corrected chi connectivity index (χ4v) is 2.63. The van der Waals surface area contributed by atoms with Crippen molar-refractivity contribution >= 4 is 5.91 Å². The van der Waals surface area contributed by atoms with Crippen LogP contribution in [0.5, 0.6) is 0 Å². The summed E-state index contributed by atoms with van der Waals surface area (Å²) in [5.74, 6) is 0.658. The molecule has 0 heterocycles. The predicted octanol–water partition coefficient (Wildman–Crippen LogP) is 4.40. The highest BCUT2D eigenvalue weighted by molar-refractivity contribution is 5.76. The summed E-state index contributed by atoms with van der Waals surface area (Å²) in [6.45, 7) is 7.17. The third-order valence-corrected chi connectivity index (χ3v) is 4.14. The Morgan fingerprint density at radius 1 is 0.952 bits per heavy atom. The van der Waals surface area contributed by atoms with Gasteiger partial charge >= 0.3 is 0 Å². The molecule has 0 saturated carbocycles. The van der Waals surface area contributed by atoms with Gasteiger partial charge in [0.2, 0.25) is 5.91 Å². The molecule has 0 bridgehead atoms. The number of rotatable bonds is 14. The molecular formula is C18H38N2O. The Kier molecular flexibility index (Phi) is 14.0. The molecule has 3 heteroatoms. The Bertz CT molecular complexity index is 241. The van der Waals surface area contributed by atoms with E-state index in [4.69, 9.17) is 5.73 Å². The van der Waals surface area contributed by atoms with E-state index in [-0.39, 0.29) is 11.9 Å². The third kappa shape index (κ3) is 12.9. The minimum atomic E-state index is 0.199. The average molecular weight is 299 g/mol. The number of hydrogen-bond donors (Lipinski definition) is 2. The minimum Gasteiger partial charge on any atom is -0.353 e. The lowest BCUT2D eigenvalue weighted by atomic mass is 10.0. The van der Waals surface area contributed by atoms with Crippen LogP contribution in [0.25, 0.3) is 0 Å². The van der Waals surface area contributed by atoms with Crippen molar-refractivity contribution in [1.29, 1.82) is 0 Å². The van der Waals surface area contributed by atoms with Crippen LogP contribution in [0.3, 0.4) is 0 Å². The second-order valence-corrected chi connectivity index (χ2v) is 6.57. The van der Waals surface area contributed by atoms with Gasteiger partial charge in [0.1, 0.15) is 0 Å². The normalized spacial score (nSPS) is 12.6. The van der Waals surface area contributed by atoms with Crippen molar-refractivity contribution in [2.75, 3.05) is 6.54 Å². The van der Waals surface area contributed by atoms with Crippen LogP contribution in [0.2, 0.25) is 0 Å². The smallest absolute Gasteiger partial charge is 0.220 e. The van der Waals surface area contributed by atoms with Gasteiger partial charge < -0.3 is 11.1 Å². The lowest BCUT2D eigenvalue weighted by Gasteiger charge is -2.21. The fourth-order valence-electron chi connectivity index (χ4n) is 2.63. The molecule has 0 aliphatic rings. The first-order valence-corrected chi connectivity index (χ1v) is 9.11. The van der Waals surface area contributed by atoms with E-state index < -0.39 is 0 Å². The van der Waals surface area contributed by atoms with Gasteiger partial charge in [-0.2, -0.15) is 0 Å². The lowest BCUT2D eigenvalue weighted by Crippen LogP contribution is -2.39. The zero-order chi connectivity index (χ0) is 15.9. The van der Waals surface area contributed by atoms with E-state index in [2.05, 4.69) is 26.1 Å². The molecule has 0 aliphatic heterocycles. The summed E-state index contributed by atoms with van der Waals surface area (Å²) >= 11 is 0. The molecule has 1 unspecified atom stereocenters. The summed E-state index contributed by atoms with van der Waals surface area (Å²) in [5, 5.41) is 3.12. The highest BCUT2D eigenvalue weighted by Crippen LogP contribution is 2.11. The van der Waals surface area contributed by atoms with Crippen LogP contribution in [0.4, 0.5) is 0 Å². The molecule has 1 amide bonds. The standard InChI is InChI=1S/C18H38N2O/c1-4-5-6-7-8-9-10-11-12-13-18(21)20-17(14-15-19)16(2)3/h16-17H,4-15,19H2,1-3H3,(H,20,21). The van der Waals surface area contributed by atoms with Gasteiger partial charge in [0, 0.05) is 12.5 Å². The van der Waals surface area contributed by atoms with Crippen molar-refractivity contribution < 1.29 is 4.79 Å². The summed E-state index contributed by atoms with van der Waals surface area (Å²) < 4.78 is 0. The highest BCUT2D eigenvalue weighted by atomic mass is 16.1. The second kappa shape index (κ2) is 14.4. The first-order chi connectivity index (χ1) is 10.1. The molecule has 0 aromatic rings. The zero-order valence-electron chi connectivity index (χ0n) is 14.6. The number of carbonyl (C=O) groups excluding carboxylic acids is 1. The van der Waals surface area contributed by atoms with Crippen molar-refractivity contribution in [3.05, 3.63) is 0 Å². The number of unbranched alkanes of at least 4 members (excludes halogenated alkanes) is 8. The van der Waals surface area contributed by atoms with E-state index in [1.165, 1.54) is 51.4 Å². The monoisotopic (exact) mass is 298 g/mol. The number of nitrogens with two attached hydrogens (primary N) is 1. The molecule has 0 spiro atoms. The minimum absolute atomic E-state index is 0.199. The van der Waals surface area contributed by atoms with E-state index in [1.807, 2.05) is 0 Å². The van der Waals surface area contributed by atoms with Gasteiger partial charge in [-0.1, -0.05) is 72.1 Å². The molecule has 0 radical (unpaired) electrons. The number of nitrogens with one attached hydrogen (secondary N) is 1. The maximum atomic E-state index is 11.9. The maximum Gasteiger partial charge on any atom is 0.220 e. The molecule has 3 nitrogen and oxygen atoms in total. The molecule has 3 N–H and O–H groups in total. The number of carbonyl (C=O) groups is 1.